The smallest absolute Gasteiger partial charge is 0.119 e. The number of ether oxygens (including phenoxy) is 1. The first kappa shape index (κ1) is 12.7. The van der Waals surface area contributed by atoms with E-state index < -0.39 is 0 Å². The summed E-state index contributed by atoms with van der Waals surface area (Å²) in [7, 11) is 0. The molecule has 0 radical (unpaired) electrons. The molecule has 2 nitrogen and oxygen atoms in total. The van der Waals surface area contributed by atoms with Crippen molar-refractivity contribution in [1.82, 2.24) is 0 Å². The Morgan fingerprint density at radius 3 is 2.26 bits per heavy atom. The van der Waals surface area contributed by atoms with E-state index in [0.717, 1.165) is 22.2 Å². The summed E-state index contributed by atoms with van der Waals surface area (Å²) in [6, 6.07) is 16.8. The standard InChI is InChI=1S/C16H16BrNO/c17-13-5-1-11(2-6-13)10-19-14-7-3-12(4-8-14)15-9-16(15)18/h1-8,15-16H,9-10,18H2. The monoisotopic (exact) mass is 317 g/mol. The van der Waals surface area contributed by atoms with Crippen LogP contribution in [0.3, 0.4) is 0 Å². The fourth-order valence-corrected chi connectivity index (χ4v) is 2.42. The minimum atomic E-state index is 0.356. The predicted molar refractivity (Wildman–Crippen MR) is 80.2 cm³/mol. The largest absolute Gasteiger partial charge is 0.489 e. The number of rotatable bonds is 4. The summed E-state index contributed by atoms with van der Waals surface area (Å²) in [5.41, 5.74) is 8.33. The third kappa shape index (κ3) is 3.17. The molecular weight excluding hydrogens is 302 g/mol. The van der Waals surface area contributed by atoms with Gasteiger partial charge in [-0.05, 0) is 41.8 Å². The molecule has 0 aromatic heterocycles. The molecule has 0 aliphatic heterocycles. The van der Waals surface area contributed by atoms with E-state index in [4.69, 9.17) is 10.5 Å². The van der Waals surface area contributed by atoms with Crippen LogP contribution in [-0.4, -0.2) is 6.04 Å². The zero-order chi connectivity index (χ0) is 13.2. The summed E-state index contributed by atoms with van der Waals surface area (Å²) < 4.78 is 6.85. The topological polar surface area (TPSA) is 35.2 Å². The van der Waals surface area contributed by atoms with Crippen LogP contribution in [0.4, 0.5) is 0 Å². The average molecular weight is 318 g/mol. The average Bonchev–Trinajstić information content (AvgIpc) is 3.16. The van der Waals surface area contributed by atoms with Gasteiger partial charge in [-0.3, -0.25) is 0 Å². The van der Waals surface area contributed by atoms with Gasteiger partial charge in [-0.15, -0.1) is 0 Å². The van der Waals surface area contributed by atoms with Crippen LogP contribution < -0.4 is 10.5 Å². The van der Waals surface area contributed by atoms with Gasteiger partial charge >= 0.3 is 0 Å². The number of hydrogen-bond donors (Lipinski definition) is 1. The van der Waals surface area contributed by atoms with E-state index in [1.165, 1.54) is 5.56 Å². The molecule has 1 aliphatic carbocycles. The van der Waals surface area contributed by atoms with E-state index >= 15 is 0 Å². The van der Waals surface area contributed by atoms with Crippen molar-refractivity contribution >= 4 is 15.9 Å². The first-order valence-electron chi connectivity index (χ1n) is 6.45. The molecule has 19 heavy (non-hydrogen) atoms. The highest BCUT2D eigenvalue weighted by Crippen LogP contribution is 2.39. The highest BCUT2D eigenvalue weighted by molar-refractivity contribution is 9.10. The van der Waals surface area contributed by atoms with Gasteiger partial charge in [0.25, 0.3) is 0 Å². The SMILES string of the molecule is NC1CC1c1ccc(OCc2ccc(Br)cc2)cc1. The summed E-state index contributed by atoms with van der Waals surface area (Å²) in [4.78, 5) is 0. The molecule has 0 bridgehead atoms. The van der Waals surface area contributed by atoms with Gasteiger partial charge in [-0.1, -0.05) is 40.2 Å². The van der Waals surface area contributed by atoms with Gasteiger partial charge in [0, 0.05) is 16.4 Å². The Hall–Kier alpha value is -1.32. The van der Waals surface area contributed by atoms with Crippen LogP contribution in [0, 0.1) is 0 Å². The molecule has 0 amide bonds. The lowest BCUT2D eigenvalue weighted by atomic mass is 10.1. The second-order valence-electron chi connectivity index (χ2n) is 4.99. The van der Waals surface area contributed by atoms with E-state index in [9.17, 15) is 0 Å². The normalized spacial score (nSPS) is 21.2. The Morgan fingerprint density at radius 1 is 1.05 bits per heavy atom. The van der Waals surface area contributed by atoms with Crippen molar-refractivity contribution in [2.24, 2.45) is 5.73 Å². The van der Waals surface area contributed by atoms with E-state index in [2.05, 4.69) is 40.2 Å². The predicted octanol–water partition coefficient (Wildman–Crippen LogP) is 3.84. The molecule has 3 heteroatoms. The molecule has 1 fully saturated rings. The van der Waals surface area contributed by atoms with Crippen molar-refractivity contribution in [2.75, 3.05) is 0 Å². The molecule has 1 aliphatic rings. The lowest BCUT2D eigenvalue weighted by Gasteiger charge is -2.07. The van der Waals surface area contributed by atoms with Gasteiger partial charge in [0.2, 0.25) is 0 Å². The van der Waals surface area contributed by atoms with Gasteiger partial charge in [-0.2, -0.15) is 0 Å². The van der Waals surface area contributed by atoms with Crippen LogP contribution in [0.1, 0.15) is 23.5 Å². The summed E-state index contributed by atoms with van der Waals surface area (Å²) in [5.74, 6) is 1.46. The second-order valence-corrected chi connectivity index (χ2v) is 5.91. The maximum absolute atomic E-state index is 5.85. The van der Waals surface area contributed by atoms with E-state index in [-0.39, 0.29) is 0 Å². The van der Waals surface area contributed by atoms with Gasteiger partial charge < -0.3 is 10.5 Å². The Bertz CT molecular complexity index is 550. The van der Waals surface area contributed by atoms with Gasteiger partial charge in [-0.25, -0.2) is 0 Å². The van der Waals surface area contributed by atoms with Crippen LogP contribution in [0.5, 0.6) is 5.75 Å². The Labute approximate surface area is 121 Å². The zero-order valence-electron chi connectivity index (χ0n) is 10.6. The number of benzene rings is 2. The molecule has 0 saturated heterocycles. The molecule has 0 spiro atoms. The molecule has 2 N–H and O–H groups in total. The van der Waals surface area contributed by atoms with Crippen molar-refractivity contribution in [2.45, 2.75) is 25.0 Å². The van der Waals surface area contributed by atoms with Crippen LogP contribution in [0.25, 0.3) is 0 Å². The van der Waals surface area contributed by atoms with Crippen molar-refractivity contribution < 1.29 is 4.74 Å². The van der Waals surface area contributed by atoms with Crippen molar-refractivity contribution in [3.8, 4) is 5.75 Å². The Kier molecular flexibility index (Phi) is 3.58. The van der Waals surface area contributed by atoms with Crippen LogP contribution in [0.2, 0.25) is 0 Å². The molecule has 2 atom stereocenters. The van der Waals surface area contributed by atoms with Gasteiger partial charge in [0.15, 0.2) is 0 Å². The Balaban J connectivity index is 1.59. The summed E-state index contributed by atoms with van der Waals surface area (Å²) in [6.07, 6.45) is 1.11. The minimum Gasteiger partial charge on any atom is -0.489 e. The summed E-state index contributed by atoms with van der Waals surface area (Å²) >= 11 is 3.42. The highest BCUT2D eigenvalue weighted by atomic mass is 79.9. The zero-order valence-corrected chi connectivity index (χ0v) is 12.1. The van der Waals surface area contributed by atoms with Crippen LogP contribution in [-0.2, 0) is 6.61 Å². The number of nitrogens with two attached hydrogens (primary N) is 1. The van der Waals surface area contributed by atoms with E-state index in [1.54, 1.807) is 0 Å². The quantitative estimate of drug-likeness (QED) is 0.929. The Morgan fingerprint density at radius 2 is 1.68 bits per heavy atom. The second kappa shape index (κ2) is 5.35. The molecule has 1 saturated carbocycles. The highest BCUT2D eigenvalue weighted by Gasteiger charge is 2.34. The molecule has 0 heterocycles. The first-order valence-corrected chi connectivity index (χ1v) is 7.24. The third-order valence-electron chi connectivity index (χ3n) is 3.47. The summed E-state index contributed by atoms with van der Waals surface area (Å²) in [6.45, 7) is 0.593. The van der Waals surface area contributed by atoms with E-state index in [1.807, 2.05) is 24.3 Å². The number of halogens is 1. The molecule has 2 aromatic rings. The van der Waals surface area contributed by atoms with Crippen molar-refractivity contribution in [1.29, 1.82) is 0 Å². The molecular formula is C16H16BrNO. The van der Waals surface area contributed by atoms with Gasteiger partial charge in [0.1, 0.15) is 12.4 Å². The lowest BCUT2D eigenvalue weighted by Crippen LogP contribution is -2.01. The molecule has 98 valence electrons. The van der Waals surface area contributed by atoms with Crippen LogP contribution in [0.15, 0.2) is 53.0 Å². The summed E-state index contributed by atoms with van der Waals surface area (Å²) in [5, 5.41) is 0. The molecule has 2 aromatic carbocycles. The maximum atomic E-state index is 5.85. The van der Waals surface area contributed by atoms with Crippen molar-refractivity contribution in [3.63, 3.8) is 0 Å². The lowest BCUT2D eigenvalue weighted by molar-refractivity contribution is 0.306. The molecule has 3 rings (SSSR count). The number of hydrogen-bond acceptors (Lipinski definition) is 2. The fraction of sp³-hybridized carbons (Fsp3) is 0.250. The molecule has 2 unspecified atom stereocenters. The van der Waals surface area contributed by atoms with Gasteiger partial charge in [0.05, 0.1) is 0 Å². The van der Waals surface area contributed by atoms with E-state index in [0.29, 0.717) is 18.6 Å². The minimum absolute atomic E-state index is 0.356. The maximum Gasteiger partial charge on any atom is 0.119 e. The van der Waals surface area contributed by atoms with Crippen LogP contribution >= 0.6 is 15.9 Å². The van der Waals surface area contributed by atoms with Crippen molar-refractivity contribution in [3.05, 3.63) is 64.1 Å². The third-order valence-corrected chi connectivity index (χ3v) is 4.00. The first-order chi connectivity index (χ1) is 9.22. The fourth-order valence-electron chi connectivity index (χ4n) is 2.16.